The quantitative estimate of drug-likeness (QED) is 0.142. The third-order valence-electron chi connectivity index (χ3n) is 6.72. The predicted octanol–water partition coefficient (Wildman–Crippen LogP) is 7.43. The van der Waals surface area contributed by atoms with Gasteiger partial charge in [-0.15, -0.1) is 0 Å². The number of aromatic hydroxyl groups is 2. The zero-order chi connectivity index (χ0) is 27.5. The maximum absolute atomic E-state index is 13.7. The molecule has 0 unspecified atom stereocenters. The summed E-state index contributed by atoms with van der Waals surface area (Å²) in [6, 6.07) is 21.0. The largest absolute Gasteiger partial charge is 0.507 e. The summed E-state index contributed by atoms with van der Waals surface area (Å²) in [7, 11) is 0. The SMILES string of the molecule is O=C(c1ccc2c(c1)c(O)c(-c1ccc(C(F)(F)F)cc1)c1oc3ccccc3c(=O)c12)c1ccccc1O. The number of phenolic OH excluding ortho intramolecular Hbond substituents is 2. The first-order chi connectivity index (χ1) is 18.6. The summed E-state index contributed by atoms with van der Waals surface area (Å²) in [6.07, 6.45) is -4.56. The Balaban J connectivity index is 1.70. The topological polar surface area (TPSA) is 87.7 Å². The fourth-order valence-electron chi connectivity index (χ4n) is 4.82. The van der Waals surface area contributed by atoms with E-state index in [0.717, 1.165) is 12.1 Å². The summed E-state index contributed by atoms with van der Waals surface area (Å²) < 4.78 is 45.7. The summed E-state index contributed by atoms with van der Waals surface area (Å²) >= 11 is 0. The number of para-hydroxylation sites is 2. The van der Waals surface area contributed by atoms with E-state index >= 15 is 0 Å². The van der Waals surface area contributed by atoms with E-state index in [1.165, 1.54) is 42.5 Å². The van der Waals surface area contributed by atoms with Crippen molar-refractivity contribution in [1.29, 1.82) is 0 Å². The van der Waals surface area contributed by atoms with Crippen molar-refractivity contribution >= 4 is 38.5 Å². The van der Waals surface area contributed by atoms with Crippen LogP contribution in [-0.4, -0.2) is 16.0 Å². The monoisotopic (exact) mass is 526 g/mol. The molecule has 0 atom stereocenters. The van der Waals surface area contributed by atoms with E-state index in [0.29, 0.717) is 5.39 Å². The van der Waals surface area contributed by atoms with Crippen molar-refractivity contribution < 1.29 is 32.6 Å². The van der Waals surface area contributed by atoms with Gasteiger partial charge in [0.2, 0.25) is 5.43 Å². The van der Waals surface area contributed by atoms with Gasteiger partial charge >= 0.3 is 6.18 Å². The molecule has 39 heavy (non-hydrogen) atoms. The highest BCUT2D eigenvalue weighted by atomic mass is 19.4. The number of carbonyl (C=O) groups excluding carboxylic acids is 1. The number of hydrogen-bond donors (Lipinski definition) is 2. The van der Waals surface area contributed by atoms with Crippen LogP contribution < -0.4 is 5.43 Å². The first-order valence-corrected chi connectivity index (χ1v) is 11.8. The summed E-state index contributed by atoms with van der Waals surface area (Å²) in [4.78, 5) is 26.9. The Hall–Kier alpha value is -5.11. The van der Waals surface area contributed by atoms with E-state index < -0.39 is 23.0 Å². The third kappa shape index (κ3) is 3.88. The Morgan fingerprint density at radius 2 is 1.46 bits per heavy atom. The molecule has 0 aliphatic heterocycles. The molecule has 1 heterocycles. The van der Waals surface area contributed by atoms with Gasteiger partial charge < -0.3 is 14.6 Å². The van der Waals surface area contributed by atoms with Crippen molar-refractivity contribution in [3.05, 3.63) is 118 Å². The van der Waals surface area contributed by atoms with Crippen molar-refractivity contribution in [3.8, 4) is 22.6 Å². The van der Waals surface area contributed by atoms with Crippen LogP contribution in [-0.2, 0) is 6.18 Å². The van der Waals surface area contributed by atoms with Gasteiger partial charge in [0.25, 0.3) is 0 Å². The first kappa shape index (κ1) is 24.2. The number of halogens is 3. The number of hydrogen-bond acceptors (Lipinski definition) is 5. The molecule has 0 radical (unpaired) electrons. The highest BCUT2D eigenvalue weighted by molar-refractivity contribution is 6.19. The van der Waals surface area contributed by atoms with Crippen LogP contribution in [0, 0.1) is 0 Å². The van der Waals surface area contributed by atoms with Crippen LogP contribution in [0.1, 0.15) is 21.5 Å². The van der Waals surface area contributed by atoms with Gasteiger partial charge in [0.15, 0.2) is 11.4 Å². The standard InChI is InChI=1S/C31H17F3O5/c32-31(33,34)18-12-9-16(10-13-18)25-29(38)22-15-17(27(36)20-5-1-3-7-23(20)35)11-14-19(22)26-28(37)21-6-2-4-8-24(21)39-30(25)26/h1-15,35,38H. The average molecular weight is 526 g/mol. The average Bonchev–Trinajstić information content (AvgIpc) is 2.93. The summed E-state index contributed by atoms with van der Waals surface area (Å²) in [5.74, 6) is -1.11. The van der Waals surface area contributed by atoms with Crippen LogP contribution in [0.4, 0.5) is 13.2 Å². The second-order valence-electron chi connectivity index (χ2n) is 9.04. The van der Waals surface area contributed by atoms with E-state index in [2.05, 4.69) is 0 Å². The number of alkyl halides is 3. The van der Waals surface area contributed by atoms with Crippen LogP contribution in [0.25, 0.3) is 43.8 Å². The zero-order valence-electron chi connectivity index (χ0n) is 19.9. The maximum Gasteiger partial charge on any atom is 0.416 e. The Morgan fingerprint density at radius 3 is 2.18 bits per heavy atom. The van der Waals surface area contributed by atoms with Gasteiger partial charge in [-0.3, -0.25) is 9.59 Å². The lowest BCUT2D eigenvalue weighted by Crippen LogP contribution is -2.06. The lowest BCUT2D eigenvalue weighted by atomic mass is 9.92. The molecule has 6 rings (SSSR count). The molecule has 0 fully saturated rings. The molecule has 0 aliphatic rings. The fourth-order valence-corrected chi connectivity index (χ4v) is 4.82. The fraction of sp³-hybridized carbons (Fsp3) is 0.0323. The van der Waals surface area contributed by atoms with Crippen molar-refractivity contribution in [3.63, 3.8) is 0 Å². The molecule has 0 saturated heterocycles. The van der Waals surface area contributed by atoms with Gasteiger partial charge in [-0.05, 0) is 48.0 Å². The molecule has 2 N–H and O–H groups in total. The van der Waals surface area contributed by atoms with E-state index in [-0.39, 0.29) is 61.1 Å². The van der Waals surface area contributed by atoms with Gasteiger partial charge in [0.05, 0.1) is 27.5 Å². The second kappa shape index (κ2) is 8.73. The van der Waals surface area contributed by atoms with Gasteiger partial charge in [-0.2, -0.15) is 13.2 Å². The minimum Gasteiger partial charge on any atom is -0.507 e. The number of carbonyl (C=O) groups is 1. The highest BCUT2D eigenvalue weighted by Gasteiger charge is 2.30. The normalized spacial score (nSPS) is 11.9. The van der Waals surface area contributed by atoms with Crippen LogP contribution in [0.3, 0.4) is 0 Å². The number of fused-ring (bicyclic) bond motifs is 4. The zero-order valence-corrected chi connectivity index (χ0v) is 19.9. The molecule has 0 saturated carbocycles. The molecule has 0 bridgehead atoms. The Morgan fingerprint density at radius 1 is 0.769 bits per heavy atom. The third-order valence-corrected chi connectivity index (χ3v) is 6.72. The molecular formula is C31H17F3O5. The molecule has 0 amide bonds. The molecule has 8 heteroatoms. The summed E-state index contributed by atoms with van der Waals surface area (Å²) in [6.45, 7) is 0. The lowest BCUT2D eigenvalue weighted by Gasteiger charge is -2.15. The van der Waals surface area contributed by atoms with Crippen molar-refractivity contribution in [2.75, 3.05) is 0 Å². The van der Waals surface area contributed by atoms with Gasteiger partial charge in [0.1, 0.15) is 17.1 Å². The Bertz CT molecular complexity index is 2010. The van der Waals surface area contributed by atoms with Crippen LogP contribution in [0.2, 0.25) is 0 Å². The van der Waals surface area contributed by atoms with Crippen LogP contribution in [0.5, 0.6) is 11.5 Å². The molecule has 192 valence electrons. The Labute approximate surface area is 218 Å². The molecule has 5 aromatic carbocycles. The number of rotatable bonds is 3. The summed E-state index contributed by atoms with van der Waals surface area (Å²) in [5, 5.41) is 22.5. The minimum atomic E-state index is -4.56. The lowest BCUT2D eigenvalue weighted by molar-refractivity contribution is -0.137. The number of benzene rings is 5. The maximum atomic E-state index is 13.7. The van der Waals surface area contributed by atoms with Gasteiger partial charge in [-0.25, -0.2) is 0 Å². The number of phenols is 2. The van der Waals surface area contributed by atoms with Crippen molar-refractivity contribution in [1.82, 2.24) is 0 Å². The van der Waals surface area contributed by atoms with Gasteiger partial charge in [-0.1, -0.05) is 48.5 Å². The number of ketones is 1. The van der Waals surface area contributed by atoms with E-state index in [4.69, 9.17) is 4.42 Å². The highest BCUT2D eigenvalue weighted by Crippen LogP contribution is 2.44. The van der Waals surface area contributed by atoms with Gasteiger partial charge in [0, 0.05) is 16.3 Å². The van der Waals surface area contributed by atoms with E-state index in [9.17, 15) is 33.0 Å². The summed E-state index contributed by atoms with van der Waals surface area (Å²) in [5.41, 5.74) is -0.656. The molecule has 6 aromatic rings. The predicted molar refractivity (Wildman–Crippen MR) is 141 cm³/mol. The molecule has 0 spiro atoms. The molecule has 1 aromatic heterocycles. The molecule has 0 aliphatic carbocycles. The van der Waals surface area contributed by atoms with E-state index in [1.807, 2.05) is 0 Å². The first-order valence-electron chi connectivity index (χ1n) is 11.8. The van der Waals surface area contributed by atoms with Crippen molar-refractivity contribution in [2.24, 2.45) is 0 Å². The Kier molecular flexibility index (Phi) is 5.43. The van der Waals surface area contributed by atoms with Crippen LogP contribution >= 0.6 is 0 Å². The smallest absolute Gasteiger partial charge is 0.416 e. The van der Waals surface area contributed by atoms with Crippen LogP contribution in [0.15, 0.2) is 100 Å². The molecular weight excluding hydrogens is 509 g/mol. The molecule has 5 nitrogen and oxygen atoms in total. The van der Waals surface area contributed by atoms with Crippen molar-refractivity contribution in [2.45, 2.75) is 6.18 Å². The minimum absolute atomic E-state index is 0.00300. The second-order valence-corrected chi connectivity index (χ2v) is 9.04. The van der Waals surface area contributed by atoms with E-state index in [1.54, 1.807) is 36.4 Å².